The van der Waals surface area contributed by atoms with Gasteiger partial charge >= 0.3 is 0 Å². The van der Waals surface area contributed by atoms with Crippen molar-refractivity contribution in [2.45, 2.75) is 6.42 Å². The molecule has 0 radical (unpaired) electrons. The number of oxime groups is 1. The van der Waals surface area contributed by atoms with Crippen LogP contribution in [0.4, 0.5) is 0 Å². The fourth-order valence-electron chi connectivity index (χ4n) is 1.58. The van der Waals surface area contributed by atoms with Crippen molar-refractivity contribution in [1.82, 2.24) is 0 Å². The number of hydrogen-bond donors (Lipinski definition) is 0. The normalized spacial score (nSPS) is 11.0. The smallest absolute Gasteiger partial charge is 0.106 e. The Bertz CT molecular complexity index is 477. The van der Waals surface area contributed by atoms with Crippen molar-refractivity contribution in [2.75, 3.05) is 7.11 Å². The van der Waals surface area contributed by atoms with Crippen LogP contribution in [0, 0.1) is 0 Å². The standard InChI is InChI=1S/C13H13NO/c1-15-14-9-8-11-6-7-12-4-2-3-5-13(12)10-11/h2-7,9-10H,8H2,1H3/b14-9+. The van der Waals surface area contributed by atoms with Gasteiger partial charge in [0, 0.05) is 12.6 Å². The number of hydrogen-bond acceptors (Lipinski definition) is 2. The summed E-state index contributed by atoms with van der Waals surface area (Å²) < 4.78 is 0. The maximum absolute atomic E-state index is 4.62. The second kappa shape index (κ2) is 4.60. The quantitative estimate of drug-likeness (QED) is 0.550. The average molecular weight is 199 g/mol. The molecule has 0 atom stereocenters. The molecule has 0 fully saturated rings. The van der Waals surface area contributed by atoms with Crippen LogP contribution < -0.4 is 0 Å². The van der Waals surface area contributed by atoms with Crippen molar-refractivity contribution in [3.8, 4) is 0 Å². The Morgan fingerprint density at radius 1 is 1.13 bits per heavy atom. The molecule has 0 N–H and O–H groups in total. The Balaban J connectivity index is 2.26. The molecule has 0 aromatic heterocycles. The molecule has 2 aromatic rings. The van der Waals surface area contributed by atoms with Crippen LogP contribution in [-0.2, 0) is 11.3 Å². The van der Waals surface area contributed by atoms with Crippen molar-refractivity contribution >= 4 is 17.0 Å². The second-order valence-corrected chi connectivity index (χ2v) is 3.36. The van der Waals surface area contributed by atoms with E-state index in [1.807, 2.05) is 6.07 Å². The van der Waals surface area contributed by atoms with Crippen molar-refractivity contribution < 1.29 is 4.84 Å². The van der Waals surface area contributed by atoms with E-state index in [0.29, 0.717) is 0 Å². The highest BCUT2D eigenvalue weighted by molar-refractivity contribution is 5.83. The highest BCUT2D eigenvalue weighted by atomic mass is 16.6. The number of nitrogens with zero attached hydrogens (tertiary/aromatic N) is 1. The summed E-state index contributed by atoms with van der Waals surface area (Å²) in [5.74, 6) is 0. The Labute approximate surface area is 89.2 Å². The molecule has 0 aliphatic carbocycles. The van der Waals surface area contributed by atoms with Gasteiger partial charge in [0.15, 0.2) is 0 Å². The summed E-state index contributed by atoms with van der Waals surface area (Å²) >= 11 is 0. The van der Waals surface area contributed by atoms with E-state index in [1.165, 1.54) is 16.3 Å². The van der Waals surface area contributed by atoms with E-state index in [1.54, 1.807) is 13.3 Å². The van der Waals surface area contributed by atoms with Crippen LogP contribution in [0.2, 0.25) is 0 Å². The van der Waals surface area contributed by atoms with Gasteiger partial charge in [-0.1, -0.05) is 47.6 Å². The summed E-state index contributed by atoms with van der Waals surface area (Å²) in [5.41, 5.74) is 1.24. The van der Waals surface area contributed by atoms with Gasteiger partial charge in [-0.3, -0.25) is 0 Å². The molecule has 0 saturated heterocycles. The van der Waals surface area contributed by atoms with Gasteiger partial charge in [0.25, 0.3) is 0 Å². The first kappa shape index (κ1) is 9.71. The van der Waals surface area contributed by atoms with Gasteiger partial charge in [0.1, 0.15) is 7.11 Å². The lowest BCUT2D eigenvalue weighted by Gasteiger charge is -2.00. The van der Waals surface area contributed by atoms with Crippen LogP contribution >= 0.6 is 0 Å². The lowest BCUT2D eigenvalue weighted by molar-refractivity contribution is 0.215. The summed E-state index contributed by atoms with van der Waals surface area (Å²) in [7, 11) is 1.55. The number of benzene rings is 2. The molecule has 2 nitrogen and oxygen atoms in total. The van der Waals surface area contributed by atoms with E-state index in [0.717, 1.165) is 6.42 Å². The van der Waals surface area contributed by atoms with E-state index in [9.17, 15) is 0 Å². The zero-order chi connectivity index (χ0) is 10.5. The first-order valence-electron chi connectivity index (χ1n) is 4.93. The van der Waals surface area contributed by atoms with Crippen molar-refractivity contribution in [3.05, 3.63) is 48.0 Å². The topological polar surface area (TPSA) is 21.6 Å². The summed E-state index contributed by atoms with van der Waals surface area (Å²) in [4.78, 5) is 4.62. The van der Waals surface area contributed by atoms with Gasteiger partial charge in [-0.15, -0.1) is 0 Å². The summed E-state index contributed by atoms with van der Waals surface area (Å²) in [6.45, 7) is 0. The van der Waals surface area contributed by atoms with E-state index in [2.05, 4.69) is 46.4 Å². The Kier molecular flexibility index (Phi) is 2.98. The van der Waals surface area contributed by atoms with Gasteiger partial charge in [-0.25, -0.2) is 0 Å². The molecule has 2 rings (SSSR count). The molecule has 0 saturated carbocycles. The minimum atomic E-state index is 0.804. The van der Waals surface area contributed by atoms with Crippen molar-refractivity contribution in [1.29, 1.82) is 0 Å². The Morgan fingerprint density at radius 2 is 1.93 bits per heavy atom. The molecule has 0 bridgehead atoms. The monoisotopic (exact) mass is 199 g/mol. The van der Waals surface area contributed by atoms with Gasteiger partial charge < -0.3 is 4.84 Å². The predicted molar refractivity (Wildman–Crippen MR) is 63.2 cm³/mol. The minimum Gasteiger partial charge on any atom is -0.399 e. The van der Waals surface area contributed by atoms with Crippen LogP contribution in [0.3, 0.4) is 0 Å². The molecule has 76 valence electrons. The van der Waals surface area contributed by atoms with Crippen LogP contribution in [-0.4, -0.2) is 13.3 Å². The lowest BCUT2D eigenvalue weighted by Crippen LogP contribution is -1.86. The van der Waals surface area contributed by atoms with E-state index in [-0.39, 0.29) is 0 Å². The molecule has 2 heteroatoms. The van der Waals surface area contributed by atoms with Gasteiger partial charge in [-0.05, 0) is 16.3 Å². The fraction of sp³-hybridized carbons (Fsp3) is 0.154. The molecule has 0 aliphatic heterocycles. The Morgan fingerprint density at radius 3 is 2.73 bits per heavy atom. The predicted octanol–water partition coefficient (Wildman–Crippen LogP) is 3.01. The first-order valence-corrected chi connectivity index (χ1v) is 4.93. The van der Waals surface area contributed by atoms with Gasteiger partial charge in [0.05, 0.1) is 0 Å². The Hall–Kier alpha value is -1.83. The highest BCUT2D eigenvalue weighted by Crippen LogP contribution is 2.15. The van der Waals surface area contributed by atoms with Crippen molar-refractivity contribution in [3.63, 3.8) is 0 Å². The van der Waals surface area contributed by atoms with Crippen molar-refractivity contribution in [2.24, 2.45) is 5.16 Å². The third kappa shape index (κ3) is 2.34. The summed E-state index contributed by atoms with van der Waals surface area (Å²) in [5, 5.41) is 6.26. The molecular formula is C13H13NO. The van der Waals surface area contributed by atoms with Crippen LogP contribution in [0.15, 0.2) is 47.6 Å². The van der Waals surface area contributed by atoms with E-state index < -0.39 is 0 Å². The first-order chi connectivity index (χ1) is 7.40. The fourth-order valence-corrected chi connectivity index (χ4v) is 1.58. The van der Waals surface area contributed by atoms with Gasteiger partial charge in [-0.2, -0.15) is 0 Å². The maximum atomic E-state index is 4.62. The lowest BCUT2D eigenvalue weighted by atomic mass is 10.1. The third-order valence-electron chi connectivity index (χ3n) is 2.32. The van der Waals surface area contributed by atoms with E-state index in [4.69, 9.17) is 0 Å². The molecule has 0 aliphatic rings. The molecule has 0 unspecified atom stereocenters. The van der Waals surface area contributed by atoms with Gasteiger partial charge in [0.2, 0.25) is 0 Å². The zero-order valence-electron chi connectivity index (χ0n) is 8.68. The maximum Gasteiger partial charge on any atom is 0.106 e. The molecular weight excluding hydrogens is 186 g/mol. The third-order valence-corrected chi connectivity index (χ3v) is 2.32. The minimum absolute atomic E-state index is 0.804. The zero-order valence-corrected chi connectivity index (χ0v) is 8.68. The number of rotatable bonds is 3. The molecule has 15 heavy (non-hydrogen) atoms. The largest absolute Gasteiger partial charge is 0.399 e. The number of fused-ring (bicyclic) bond motifs is 1. The SMILES string of the molecule is CO/N=C/Cc1ccc2ccccc2c1. The molecule has 2 aromatic carbocycles. The average Bonchev–Trinajstić information content (AvgIpc) is 2.29. The van der Waals surface area contributed by atoms with Crippen LogP contribution in [0.1, 0.15) is 5.56 Å². The molecule has 0 spiro atoms. The second-order valence-electron chi connectivity index (χ2n) is 3.36. The van der Waals surface area contributed by atoms with Crippen LogP contribution in [0.5, 0.6) is 0 Å². The molecule has 0 amide bonds. The molecule has 0 heterocycles. The van der Waals surface area contributed by atoms with E-state index >= 15 is 0 Å². The summed E-state index contributed by atoms with van der Waals surface area (Å²) in [6.07, 6.45) is 2.57. The summed E-state index contributed by atoms with van der Waals surface area (Å²) in [6, 6.07) is 14.8. The van der Waals surface area contributed by atoms with Crippen LogP contribution in [0.25, 0.3) is 10.8 Å². The highest BCUT2D eigenvalue weighted by Gasteiger charge is 1.94.